The minimum absolute atomic E-state index is 0.0699. The first kappa shape index (κ1) is 14.5. The number of thioether (sulfide) groups is 1. The van der Waals surface area contributed by atoms with Crippen LogP contribution in [0.2, 0.25) is 5.02 Å². The molecule has 0 spiro atoms. The number of nitrogens with two attached hydrogens (primary N) is 1. The highest BCUT2D eigenvalue weighted by molar-refractivity contribution is 7.98. The highest BCUT2D eigenvalue weighted by Crippen LogP contribution is 2.25. The van der Waals surface area contributed by atoms with E-state index in [0.717, 1.165) is 30.1 Å². The van der Waals surface area contributed by atoms with E-state index >= 15 is 0 Å². The molecule has 0 aromatic heterocycles. The molecule has 4 nitrogen and oxygen atoms in total. The summed E-state index contributed by atoms with van der Waals surface area (Å²) in [4.78, 5) is 0. The molecule has 0 bridgehead atoms. The Hall–Kier alpha value is -0.910. The second-order valence-electron chi connectivity index (χ2n) is 4.44. The first-order chi connectivity index (χ1) is 9.20. The molecule has 1 aliphatic heterocycles. The zero-order valence-electron chi connectivity index (χ0n) is 10.5. The van der Waals surface area contributed by atoms with Crippen LogP contribution in [0, 0.1) is 0 Å². The van der Waals surface area contributed by atoms with E-state index in [1.165, 1.54) is 6.42 Å². The minimum atomic E-state index is 0.0699. The lowest BCUT2D eigenvalue weighted by Gasteiger charge is -2.10. The van der Waals surface area contributed by atoms with Crippen LogP contribution in [-0.2, 0) is 10.5 Å². The van der Waals surface area contributed by atoms with Gasteiger partial charge >= 0.3 is 0 Å². The first-order valence-electron chi connectivity index (χ1n) is 6.16. The van der Waals surface area contributed by atoms with Crippen molar-refractivity contribution in [3.63, 3.8) is 0 Å². The van der Waals surface area contributed by atoms with Crippen LogP contribution >= 0.6 is 23.4 Å². The van der Waals surface area contributed by atoms with Crippen molar-refractivity contribution in [1.82, 2.24) is 0 Å². The third-order valence-corrected chi connectivity index (χ3v) is 4.52. The fraction of sp³-hybridized carbons (Fsp3) is 0.462. The van der Waals surface area contributed by atoms with Gasteiger partial charge < -0.3 is 15.7 Å². The lowest BCUT2D eigenvalue weighted by Crippen LogP contribution is -2.13. The number of ether oxygens (including phenoxy) is 1. The molecular formula is C13H17ClN2O2S. The van der Waals surface area contributed by atoms with Crippen molar-refractivity contribution in [3.05, 3.63) is 34.3 Å². The van der Waals surface area contributed by atoms with E-state index in [-0.39, 0.29) is 5.84 Å². The summed E-state index contributed by atoms with van der Waals surface area (Å²) in [6.45, 7) is 0.889. The number of amidine groups is 1. The number of nitrogens with zero attached hydrogens (tertiary/aromatic N) is 1. The van der Waals surface area contributed by atoms with Crippen molar-refractivity contribution in [2.24, 2.45) is 10.9 Å². The molecule has 0 amide bonds. The van der Waals surface area contributed by atoms with Crippen molar-refractivity contribution in [3.8, 4) is 0 Å². The van der Waals surface area contributed by atoms with Gasteiger partial charge in [-0.2, -0.15) is 11.8 Å². The second kappa shape index (κ2) is 7.03. The molecule has 1 heterocycles. The van der Waals surface area contributed by atoms with Crippen LogP contribution in [0.25, 0.3) is 0 Å². The van der Waals surface area contributed by atoms with Crippen molar-refractivity contribution < 1.29 is 9.94 Å². The quantitative estimate of drug-likeness (QED) is 0.380. The summed E-state index contributed by atoms with van der Waals surface area (Å²) in [6.07, 6.45) is 2.71. The lowest BCUT2D eigenvalue weighted by molar-refractivity contribution is 0.129. The topological polar surface area (TPSA) is 67.8 Å². The molecule has 1 aromatic rings. The SMILES string of the molecule is N/C(=N/O)c1ccc(CSCC2CCCO2)c(Cl)c1. The molecule has 0 radical (unpaired) electrons. The highest BCUT2D eigenvalue weighted by Gasteiger charge is 2.15. The van der Waals surface area contributed by atoms with Gasteiger partial charge in [0.2, 0.25) is 0 Å². The largest absolute Gasteiger partial charge is 0.409 e. The number of hydrogen-bond donors (Lipinski definition) is 2. The molecule has 1 aromatic carbocycles. The van der Waals surface area contributed by atoms with Gasteiger partial charge in [0.05, 0.1) is 6.10 Å². The van der Waals surface area contributed by atoms with Gasteiger partial charge in [0.25, 0.3) is 0 Å². The van der Waals surface area contributed by atoms with Gasteiger partial charge in [-0.3, -0.25) is 0 Å². The van der Waals surface area contributed by atoms with Gasteiger partial charge in [-0.25, -0.2) is 0 Å². The molecule has 0 saturated carbocycles. The Bertz CT molecular complexity index is 462. The smallest absolute Gasteiger partial charge is 0.170 e. The number of oxime groups is 1. The molecule has 1 saturated heterocycles. The Morgan fingerprint density at radius 1 is 1.58 bits per heavy atom. The molecule has 6 heteroatoms. The average molecular weight is 301 g/mol. The van der Waals surface area contributed by atoms with Crippen LogP contribution in [0.15, 0.2) is 23.4 Å². The molecular weight excluding hydrogens is 284 g/mol. The average Bonchev–Trinajstić information content (AvgIpc) is 2.93. The van der Waals surface area contributed by atoms with Crippen LogP contribution in [-0.4, -0.2) is 29.5 Å². The molecule has 19 heavy (non-hydrogen) atoms. The van der Waals surface area contributed by atoms with E-state index in [1.807, 2.05) is 23.9 Å². The normalized spacial score (nSPS) is 19.8. The number of rotatable bonds is 5. The van der Waals surface area contributed by atoms with E-state index in [4.69, 9.17) is 27.3 Å². The molecule has 1 aliphatic rings. The molecule has 1 fully saturated rings. The van der Waals surface area contributed by atoms with Gasteiger partial charge in [0.15, 0.2) is 5.84 Å². The number of hydrogen-bond acceptors (Lipinski definition) is 4. The van der Waals surface area contributed by atoms with Crippen molar-refractivity contribution >= 4 is 29.2 Å². The van der Waals surface area contributed by atoms with E-state index in [0.29, 0.717) is 16.7 Å². The Morgan fingerprint density at radius 3 is 3.05 bits per heavy atom. The zero-order valence-corrected chi connectivity index (χ0v) is 12.1. The third-order valence-electron chi connectivity index (χ3n) is 3.04. The van der Waals surface area contributed by atoms with Crippen molar-refractivity contribution in [2.45, 2.75) is 24.7 Å². The van der Waals surface area contributed by atoms with Gasteiger partial charge in [-0.1, -0.05) is 28.9 Å². The summed E-state index contributed by atoms with van der Waals surface area (Å²) in [5.41, 5.74) is 7.20. The standard InChI is InChI=1S/C13H17ClN2O2S/c14-12-6-9(13(15)16-17)3-4-10(12)7-19-8-11-2-1-5-18-11/h3-4,6,11,17H,1-2,5,7-8H2,(H2,15,16). The monoisotopic (exact) mass is 300 g/mol. The fourth-order valence-corrected chi connectivity index (χ4v) is 3.40. The second-order valence-corrected chi connectivity index (χ2v) is 5.88. The van der Waals surface area contributed by atoms with E-state index < -0.39 is 0 Å². The maximum Gasteiger partial charge on any atom is 0.170 e. The Balaban J connectivity index is 1.89. The van der Waals surface area contributed by atoms with Crippen LogP contribution in [0.3, 0.4) is 0 Å². The van der Waals surface area contributed by atoms with Crippen LogP contribution in [0.4, 0.5) is 0 Å². The van der Waals surface area contributed by atoms with Gasteiger partial charge in [0.1, 0.15) is 0 Å². The summed E-state index contributed by atoms with van der Waals surface area (Å²) >= 11 is 8.01. The Morgan fingerprint density at radius 2 is 2.42 bits per heavy atom. The molecule has 0 aliphatic carbocycles. The fourth-order valence-electron chi connectivity index (χ4n) is 1.96. The van der Waals surface area contributed by atoms with E-state index in [9.17, 15) is 0 Å². The Kier molecular flexibility index (Phi) is 5.36. The van der Waals surface area contributed by atoms with E-state index in [1.54, 1.807) is 6.07 Å². The molecule has 3 N–H and O–H groups in total. The molecule has 104 valence electrons. The molecule has 1 unspecified atom stereocenters. The maximum absolute atomic E-state index is 8.61. The van der Waals surface area contributed by atoms with Crippen LogP contribution in [0.1, 0.15) is 24.0 Å². The summed E-state index contributed by atoms with van der Waals surface area (Å²) in [5, 5.41) is 12.2. The zero-order chi connectivity index (χ0) is 13.7. The third kappa shape index (κ3) is 4.03. The van der Waals surface area contributed by atoms with Crippen molar-refractivity contribution in [2.75, 3.05) is 12.4 Å². The van der Waals surface area contributed by atoms with E-state index in [2.05, 4.69) is 5.16 Å². The summed E-state index contributed by atoms with van der Waals surface area (Å²) < 4.78 is 5.57. The number of benzene rings is 1. The van der Waals surface area contributed by atoms with Gasteiger partial charge in [-0.15, -0.1) is 0 Å². The number of halogens is 1. The molecule has 1 atom stereocenters. The predicted octanol–water partition coefficient (Wildman–Crippen LogP) is 2.85. The van der Waals surface area contributed by atoms with Crippen LogP contribution in [0.5, 0.6) is 0 Å². The Labute approximate surface area is 122 Å². The van der Waals surface area contributed by atoms with Gasteiger partial charge in [-0.05, 0) is 24.5 Å². The summed E-state index contributed by atoms with van der Waals surface area (Å²) in [5.74, 6) is 1.91. The maximum atomic E-state index is 8.61. The first-order valence-corrected chi connectivity index (χ1v) is 7.69. The lowest BCUT2D eigenvalue weighted by atomic mass is 10.1. The van der Waals surface area contributed by atoms with Gasteiger partial charge in [0, 0.05) is 28.7 Å². The van der Waals surface area contributed by atoms with Crippen molar-refractivity contribution in [1.29, 1.82) is 0 Å². The predicted molar refractivity (Wildman–Crippen MR) is 79.1 cm³/mol. The van der Waals surface area contributed by atoms with Crippen LogP contribution < -0.4 is 5.73 Å². The molecule has 2 rings (SSSR count). The summed E-state index contributed by atoms with van der Waals surface area (Å²) in [6, 6.07) is 5.44. The highest BCUT2D eigenvalue weighted by atomic mass is 35.5. The summed E-state index contributed by atoms with van der Waals surface area (Å²) in [7, 11) is 0. The minimum Gasteiger partial charge on any atom is -0.409 e.